The van der Waals surface area contributed by atoms with Crippen molar-refractivity contribution in [2.75, 3.05) is 13.2 Å². The van der Waals surface area contributed by atoms with Crippen molar-refractivity contribution in [3.8, 4) is 11.5 Å². The number of benzene rings is 3. The Morgan fingerprint density at radius 2 is 1.81 bits per heavy atom. The van der Waals surface area contributed by atoms with Crippen LogP contribution < -0.4 is 24.4 Å². The highest BCUT2D eigenvalue weighted by atomic mass is 79.9. The standard InChI is InChI=1S/C33H28Br2N2O5S/c1-4-16-41-25-13-9-23(10-14-25)30-29(32(39)40-5-2)20(3)36-33-37(30)31(38)28(43-33)18-22-8-15-27(26(35)17-22)42-19-21-6-11-24(34)12-7-21/h4,6-15,17-18,30H,1,5,16,19H2,2-3H3/b28-18-/t30-/m0/s1. The average molecular weight is 724 g/mol. The van der Waals surface area contributed by atoms with Crippen LogP contribution in [-0.4, -0.2) is 23.8 Å². The van der Waals surface area contributed by atoms with Crippen LogP contribution in [0.15, 0.2) is 109 Å². The molecule has 10 heteroatoms. The van der Waals surface area contributed by atoms with Crippen LogP contribution in [0.1, 0.15) is 36.6 Å². The Kier molecular flexibility index (Phi) is 9.79. The molecule has 4 aromatic rings. The van der Waals surface area contributed by atoms with Crippen molar-refractivity contribution in [3.63, 3.8) is 0 Å². The summed E-state index contributed by atoms with van der Waals surface area (Å²) in [5.74, 6) is 0.846. The van der Waals surface area contributed by atoms with Gasteiger partial charge in [-0.1, -0.05) is 70.3 Å². The Balaban J connectivity index is 1.50. The number of carbonyl (C=O) groups excluding carboxylic acids is 1. The van der Waals surface area contributed by atoms with Crippen LogP contribution in [0.25, 0.3) is 6.08 Å². The third-order valence-electron chi connectivity index (χ3n) is 6.64. The molecule has 0 N–H and O–H groups in total. The smallest absolute Gasteiger partial charge is 0.338 e. The maximum Gasteiger partial charge on any atom is 0.338 e. The number of nitrogens with zero attached hydrogens (tertiary/aromatic N) is 2. The summed E-state index contributed by atoms with van der Waals surface area (Å²) in [6, 6.07) is 20.2. The molecule has 0 radical (unpaired) electrons. The summed E-state index contributed by atoms with van der Waals surface area (Å²) in [4.78, 5) is 32.2. The van der Waals surface area contributed by atoms with E-state index in [2.05, 4.69) is 43.4 Å². The largest absolute Gasteiger partial charge is 0.490 e. The first kappa shape index (κ1) is 30.7. The zero-order valence-corrected chi connectivity index (χ0v) is 27.5. The second-order valence-corrected chi connectivity index (χ2v) is 12.4. The van der Waals surface area contributed by atoms with Crippen LogP contribution in [0, 0.1) is 0 Å². The van der Waals surface area contributed by atoms with Gasteiger partial charge in [0.25, 0.3) is 5.56 Å². The van der Waals surface area contributed by atoms with E-state index in [1.54, 1.807) is 24.5 Å². The zero-order valence-electron chi connectivity index (χ0n) is 23.5. The van der Waals surface area contributed by atoms with Crippen molar-refractivity contribution in [1.82, 2.24) is 4.57 Å². The molecule has 0 spiro atoms. The average Bonchev–Trinajstić information content (AvgIpc) is 3.30. The quantitative estimate of drug-likeness (QED) is 0.139. The lowest BCUT2D eigenvalue weighted by molar-refractivity contribution is -0.139. The van der Waals surface area contributed by atoms with Gasteiger partial charge in [0.15, 0.2) is 4.80 Å². The maximum absolute atomic E-state index is 13.9. The summed E-state index contributed by atoms with van der Waals surface area (Å²) in [6.45, 7) is 8.19. The number of thiazole rings is 1. The number of hydrogen-bond donors (Lipinski definition) is 0. The van der Waals surface area contributed by atoms with Gasteiger partial charge in [-0.2, -0.15) is 0 Å². The molecule has 2 heterocycles. The molecule has 220 valence electrons. The molecular weight excluding hydrogens is 696 g/mol. The third-order valence-corrected chi connectivity index (χ3v) is 8.77. The molecule has 0 bridgehead atoms. The van der Waals surface area contributed by atoms with Crippen LogP contribution in [0.2, 0.25) is 0 Å². The predicted molar refractivity (Wildman–Crippen MR) is 175 cm³/mol. The zero-order chi connectivity index (χ0) is 30.5. The van der Waals surface area contributed by atoms with Gasteiger partial charge < -0.3 is 14.2 Å². The Hall–Kier alpha value is -3.73. The van der Waals surface area contributed by atoms with Crippen molar-refractivity contribution < 1.29 is 19.0 Å². The third kappa shape index (κ3) is 6.92. The van der Waals surface area contributed by atoms with Crippen LogP contribution in [0.5, 0.6) is 11.5 Å². The van der Waals surface area contributed by atoms with Gasteiger partial charge in [0.05, 0.1) is 32.9 Å². The normalized spacial score (nSPS) is 14.6. The van der Waals surface area contributed by atoms with E-state index < -0.39 is 12.0 Å². The molecule has 1 atom stereocenters. The fourth-order valence-electron chi connectivity index (χ4n) is 4.63. The first-order valence-electron chi connectivity index (χ1n) is 13.5. The fraction of sp³-hybridized carbons (Fsp3) is 0.182. The minimum atomic E-state index is -0.702. The number of halogens is 2. The molecule has 0 amide bonds. The number of esters is 1. The molecule has 1 aliphatic rings. The van der Waals surface area contributed by atoms with Crippen molar-refractivity contribution in [3.05, 3.63) is 136 Å². The van der Waals surface area contributed by atoms with Crippen molar-refractivity contribution in [2.45, 2.75) is 26.5 Å². The summed E-state index contributed by atoms with van der Waals surface area (Å²) < 4.78 is 20.8. The number of ether oxygens (including phenoxy) is 3. The van der Waals surface area contributed by atoms with Crippen LogP contribution >= 0.6 is 43.2 Å². The van der Waals surface area contributed by atoms with E-state index in [-0.39, 0.29) is 12.2 Å². The summed E-state index contributed by atoms with van der Waals surface area (Å²) in [6.07, 6.45) is 3.49. The lowest BCUT2D eigenvalue weighted by atomic mass is 9.96. The van der Waals surface area contributed by atoms with Crippen LogP contribution in [-0.2, 0) is 16.1 Å². The van der Waals surface area contributed by atoms with E-state index in [0.717, 1.165) is 25.6 Å². The lowest BCUT2D eigenvalue weighted by Gasteiger charge is -2.24. The van der Waals surface area contributed by atoms with Gasteiger partial charge in [-0.3, -0.25) is 9.36 Å². The number of allylic oxidation sites excluding steroid dienone is 1. The molecule has 43 heavy (non-hydrogen) atoms. The molecule has 0 saturated carbocycles. The fourth-order valence-corrected chi connectivity index (χ4v) is 6.45. The molecule has 0 fully saturated rings. The van der Waals surface area contributed by atoms with Crippen molar-refractivity contribution in [1.29, 1.82) is 0 Å². The molecular formula is C33H28Br2N2O5S. The van der Waals surface area contributed by atoms with E-state index in [4.69, 9.17) is 14.2 Å². The molecule has 5 rings (SSSR count). The second-order valence-electron chi connectivity index (χ2n) is 9.58. The molecule has 1 aromatic heterocycles. The van der Waals surface area contributed by atoms with Crippen LogP contribution in [0.3, 0.4) is 0 Å². The van der Waals surface area contributed by atoms with Crippen molar-refractivity contribution in [2.24, 2.45) is 4.99 Å². The van der Waals surface area contributed by atoms with Gasteiger partial charge >= 0.3 is 5.97 Å². The number of hydrogen-bond acceptors (Lipinski definition) is 7. The highest BCUT2D eigenvalue weighted by Crippen LogP contribution is 2.32. The number of rotatable bonds is 10. The van der Waals surface area contributed by atoms with Gasteiger partial charge in [0.1, 0.15) is 24.7 Å². The number of aromatic nitrogens is 1. The van der Waals surface area contributed by atoms with Crippen LogP contribution in [0.4, 0.5) is 0 Å². The Morgan fingerprint density at radius 1 is 1.07 bits per heavy atom. The lowest BCUT2D eigenvalue weighted by Crippen LogP contribution is -2.39. The monoisotopic (exact) mass is 722 g/mol. The van der Waals surface area contributed by atoms with Crippen molar-refractivity contribution >= 4 is 55.2 Å². The van der Waals surface area contributed by atoms with E-state index in [1.807, 2.05) is 72.8 Å². The first-order chi connectivity index (χ1) is 20.8. The van der Waals surface area contributed by atoms with Gasteiger partial charge in [-0.05, 0) is 88.9 Å². The van der Waals surface area contributed by atoms with E-state index >= 15 is 0 Å². The second kappa shape index (κ2) is 13.7. The topological polar surface area (TPSA) is 79.1 Å². The number of carbonyl (C=O) groups is 1. The van der Waals surface area contributed by atoms with E-state index in [9.17, 15) is 9.59 Å². The Labute approximate surface area is 269 Å². The first-order valence-corrected chi connectivity index (χ1v) is 15.9. The molecule has 3 aromatic carbocycles. The number of fused-ring (bicyclic) bond motifs is 1. The van der Waals surface area contributed by atoms with E-state index in [0.29, 0.717) is 45.3 Å². The molecule has 7 nitrogen and oxygen atoms in total. The minimum Gasteiger partial charge on any atom is -0.490 e. The Bertz CT molecular complexity index is 1880. The van der Waals surface area contributed by atoms with Gasteiger partial charge in [0.2, 0.25) is 0 Å². The molecule has 0 unspecified atom stereocenters. The Morgan fingerprint density at radius 3 is 2.49 bits per heavy atom. The van der Waals surface area contributed by atoms with Gasteiger partial charge in [-0.25, -0.2) is 9.79 Å². The van der Waals surface area contributed by atoms with Gasteiger partial charge in [-0.15, -0.1) is 0 Å². The summed E-state index contributed by atoms with van der Waals surface area (Å²) >= 11 is 8.32. The maximum atomic E-state index is 13.9. The predicted octanol–water partition coefficient (Wildman–Crippen LogP) is 6.47. The highest BCUT2D eigenvalue weighted by molar-refractivity contribution is 9.10. The van der Waals surface area contributed by atoms with Gasteiger partial charge in [0, 0.05) is 4.47 Å². The molecule has 0 saturated heterocycles. The summed E-state index contributed by atoms with van der Waals surface area (Å²) in [5, 5.41) is 0. The minimum absolute atomic E-state index is 0.207. The van der Waals surface area contributed by atoms with E-state index in [1.165, 1.54) is 11.3 Å². The summed E-state index contributed by atoms with van der Waals surface area (Å²) in [5.41, 5.74) is 3.20. The SMILES string of the molecule is C=CCOc1ccc([C@H]2C(C(=O)OCC)=C(C)N=c3s/c(=C\c4ccc(OCc5ccc(Br)cc5)c(Br)c4)c(=O)n32)cc1. The molecule has 1 aliphatic heterocycles. The highest BCUT2D eigenvalue weighted by Gasteiger charge is 2.33. The summed E-state index contributed by atoms with van der Waals surface area (Å²) in [7, 11) is 0. The molecule has 0 aliphatic carbocycles.